The minimum Gasteiger partial charge on any atom is -0.493 e. The summed E-state index contributed by atoms with van der Waals surface area (Å²) >= 11 is 6.19. The highest BCUT2D eigenvalue weighted by molar-refractivity contribution is 6.32. The zero-order valence-corrected chi connectivity index (χ0v) is 12.7. The number of benzene rings is 1. The molecule has 20 heavy (non-hydrogen) atoms. The van der Waals surface area contributed by atoms with Crippen molar-refractivity contribution < 1.29 is 14.2 Å². The van der Waals surface area contributed by atoms with Gasteiger partial charge in [0.2, 0.25) is 0 Å². The SMILES string of the molecule is COCCNCc1cc(Cl)c(OC(C)C#N)c(OC)c1. The Morgan fingerprint density at radius 2 is 2.15 bits per heavy atom. The molecular weight excluding hydrogens is 280 g/mol. The molecular formula is C14H19ClN2O3. The zero-order chi connectivity index (χ0) is 15.0. The summed E-state index contributed by atoms with van der Waals surface area (Å²) in [5.41, 5.74) is 0.972. The molecule has 0 aliphatic carbocycles. The molecule has 1 unspecified atom stereocenters. The van der Waals surface area contributed by atoms with Gasteiger partial charge in [0.15, 0.2) is 17.6 Å². The van der Waals surface area contributed by atoms with E-state index < -0.39 is 6.10 Å². The van der Waals surface area contributed by atoms with Crippen LogP contribution in [0.25, 0.3) is 0 Å². The number of methoxy groups -OCH3 is 2. The Morgan fingerprint density at radius 1 is 1.40 bits per heavy atom. The summed E-state index contributed by atoms with van der Waals surface area (Å²) < 4.78 is 15.7. The molecule has 0 bridgehead atoms. The van der Waals surface area contributed by atoms with Gasteiger partial charge in [-0.2, -0.15) is 5.26 Å². The molecule has 5 nitrogen and oxygen atoms in total. The molecule has 1 N–H and O–H groups in total. The van der Waals surface area contributed by atoms with Crippen LogP contribution in [0.15, 0.2) is 12.1 Å². The lowest BCUT2D eigenvalue weighted by Gasteiger charge is -2.15. The maximum atomic E-state index is 8.79. The van der Waals surface area contributed by atoms with E-state index >= 15 is 0 Å². The zero-order valence-electron chi connectivity index (χ0n) is 11.9. The maximum Gasteiger partial charge on any atom is 0.182 e. The third-order valence-electron chi connectivity index (χ3n) is 2.58. The summed E-state index contributed by atoms with van der Waals surface area (Å²) in [4.78, 5) is 0. The second-order valence-corrected chi connectivity index (χ2v) is 4.57. The fraction of sp³-hybridized carbons (Fsp3) is 0.500. The third kappa shape index (κ3) is 4.89. The molecule has 0 spiro atoms. The molecule has 0 saturated heterocycles. The Bertz CT molecular complexity index is 474. The van der Waals surface area contributed by atoms with Gasteiger partial charge in [0.05, 0.1) is 18.7 Å². The fourth-order valence-corrected chi connectivity index (χ4v) is 1.88. The van der Waals surface area contributed by atoms with Gasteiger partial charge in [-0.25, -0.2) is 0 Å². The highest BCUT2D eigenvalue weighted by Gasteiger charge is 2.14. The molecule has 1 rings (SSSR count). The van der Waals surface area contributed by atoms with E-state index in [-0.39, 0.29) is 0 Å². The Balaban J connectivity index is 2.82. The molecule has 0 heterocycles. The molecule has 0 aromatic heterocycles. The molecule has 1 atom stereocenters. The van der Waals surface area contributed by atoms with Crippen LogP contribution in [0.3, 0.4) is 0 Å². The molecule has 0 saturated carbocycles. The van der Waals surface area contributed by atoms with Crippen molar-refractivity contribution in [2.45, 2.75) is 19.6 Å². The number of halogens is 1. The van der Waals surface area contributed by atoms with E-state index in [0.29, 0.717) is 29.7 Å². The summed E-state index contributed by atoms with van der Waals surface area (Å²) in [6.07, 6.45) is -0.591. The van der Waals surface area contributed by atoms with Gasteiger partial charge in [-0.3, -0.25) is 0 Å². The third-order valence-corrected chi connectivity index (χ3v) is 2.86. The lowest BCUT2D eigenvalue weighted by Crippen LogP contribution is -2.18. The lowest BCUT2D eigenvalue weighted by atomic mass is 10.2. The first kappa shape index (κ1) is 16.6. The van der Waals surface area contributed by atoms with E-state index in [0.717, 1.165) is 12.1 Å². The first-order valence-corrected chi connectivity index (χ1v) is 6.62. The number of nitrogens with one attached hydrogen (secondary N) is 1. The van der Waals surface area contributed by atoms with Gasteiger partial charge in [-0.05, 0) is 24.6 Å². The van der Waals surface area contributed by atoms with E-state index in [2.05, 4.69) is 5.32 Å². The van der Waals surface area contributed by atoms with Crippen LogP contribution >= 0.6 is 11.6 Å². The molecule has 0 radical (unpaired) electrons. The van der Waals surface area contributed by atoms with Crippen LogP contribution in [0.5, 0.6) is 11.5 Å². The topological polar surface area (TPSA) is 63.5 Å². The van der Waals surface area contributed by atoms with Crippen LogP contribution in [0, 0.1) is 11.3 Å². The highest BCUT2D eigenvalue weighted by atomic mass is 35.5. The molecule has 6 heteroatoms. The Kier molecular flexibility index (Phi) is 7.16. The van der Waals surface area contributed by atoms with Crippen molar-refractivity contribution in [3.05, 3.63) is 22.7 Å². The highest BCUT2D eigenvalue weighted by Crippen LogP contribution is 2.37. The molecule has 0 aliphatic heterocycles. The van der Waals surface area contributed by atoms with E-state index in [4.69, 9.17) is 31.1 Å². The van der Waals surface area contributed by atoms with Crippen LogP contribution in [0.2, 0.25) is 5.02 Å². The number of hydrogen-bond acceptors (Lipinski definition) is 5. The van der Waals surface area contributed by atoms with Crippen molar-refractivity contribution >= 4 is 11.6 Å². The number of nitrogens with zero attached hydrogens (tertiary/aromatic N) is 1. The summed E-state index contributed by atoms with van der Waals surface area (Å²) in [6.45, 7) is 3.69. The Hall–Kier alpha value is -1.48. The average molecular weight is 299 g/mol. The summed E-state index contributed by atoms with van der Waals surface area (Å²) in [5.74, 6) is 0.909. The number of rotatable bonds is 8. The van der Waals surface area contributed by atoms with Crippen LogP contribution < -0.4 is 14.8 Å². The predicted octanol–water partition coefficient (Wildman–Crippen LogP) is 2.38. The van der Waals surface area contributed by atoms with Crippen molar-refractivity contribution in [1.29, 1.82) is 5.26 Å². The number of ether oxygens (including phenoxy) is 3. The van der Waals surface area contributed by atoms with Crippen molar-refractivity contribution in [2.75, 3.05) is 27.4 Å². The maximum absolute atomic E-state index is 8.79. The van der Waals surface area contributed by atoms with Crippen LogP contribution in [-0.4, -0.2) is 33.5 Å². The summed E-state index contributed by atoms with van der Waals surface area (Å²) in [7, 11) is 3.20. The summed E-state index contributed by atoms with van der Waals surface area (Å²) in [5, 5.41) is 12.4. The monoisotopic (exact) mass is 298 g/mol. The molecule has 1 aromatic carbocycles. The van der Waals surface area contributed by atoms with Gasteiger partial charge in [0, 0.05) is 20.2 Å². The second-order valence-electron chi connectivity index (χ2n) is 4.17. The smallest absolute Gasteiger partial charge is 0.182 e. The standard InChI is InChI=1S/C14H19ClN2O3/c1-10(8-16)20-14-12(15)6-11(7-13(14)19-3)9-17-4-5-18-2/h6-7,10,17H,4-5,9H2,1-3H3. The quantitative estimate of drug-likeness (QED) is 0.747. The fourth-order valence-electron chi connectivity index (χ4n) is 1.60. The normalized spacial score (nSPS) is 11.8. The molecule has 0 amide bonds. The van der Waals surface area contributed by atoms with Crippen molar-refractivity contribution in [2.24, 2.45) is 0 Å². The van der Waals surface area contributed by atoms with Crippen molar-refractivity contribution in [3.63, 3.8) is 0 Å². The minimum atomic E-state index is -0.591. The van der Waals surface area contributed by atoms with Gasteiger partial charge < -0.3 is 19.5 Å². The van der Waals surface area contributed by atoms with Crippen LogP contribution in [0.4, 0.5) is 0 Å². The van der Waals surface area contributed by atoms with Gasteiger partial charge in [0.1, 0.15) is 6.07 Å². The van der Waals surface area contributed by atoms with Crippen molar-refractivity contribution in [3.8, 4) is 17.6 Å². The van der Waals surface area contributed by atoms with E-state index in [9.17, 15) is 0 Å². The first-order valence-electron chi connectivity index (χ1n) is 6.24. The predicted molar refractivity (Wildman–Crippen MR) is 77.3 cm³/mol. The molecule has 1 aromatic rings. The number of nitriles is 1. The van der Waals surface area contributed by atoms with Crippen LogP contribution in [0.1, 0.15) is 12.5 Å². The van der Waals surface area contributed by atoms with Gasteiger partial charge in [-0.15, -0.1) is 0 Å². The second kappa shape index (κ2) is 8.64. The summed E-state index contributed by atoms with van der Waals surface area (Å²) in [6, 6.07) is 5.63. The Labute approximate surface area is 124 Å². The molecule has 110 valence electrons. The van der Waals surface area contributed by atoms with E-state index in [1.165, 1.54) is 7.11 Å². The number of hydrogen-bond donors (Lipinski definition) is 1. The van der Waals surface area contributed by atoms with Gasteiger partial charge in [-0.1, -0.05) is 11.6 Å². The minimum absolute atomic E-state index is 0.392. The first-order chi connectivity index (χ1) is 9.62. The Morgan fingerprint density at radius 3 is 2.75 bits per heavy atom. The average Bonchev–Trinajstić information content (AvgIpc) is 2.45. The van der Waals surface area contributed by atoms with Gasteiger partial charge in [0.25, 0.3) is 0 Å². The van der Waals surface area contributed by atoms with Crippen LogP contribution in [-0.2, 0) is 11.3 Å². The lowest BCUT2D eigenvalue weighted by molar-refractivity contribution is 0.199. The van der Waals surface area contributed by atoms with E-state index in [1.807, 2.05) is 12.1 Å². The molecule has 0 fully saturated rings. The van der Waals surface area contributed by atoms with E-state index in [1.54, 1.807) is 20.1 Å². The van der Waals surface area contributed by atoms with Gasteiger partial charge >= 0.3 is 0 Å². The largest absolute Gasteiger partial charge is 0.493 e. The van der Waals surface area contributed by atoms with Crippen molar-refractivity contribution in [1.82, 2.24) is 5.32 Å². The molecule has 0 aliphatic rings.